The number of ether oxygens (including phenoxy) is 2. The summed E-state index contributed by atoms with van der Waals surface area (Å²) in [5, 5.41) is 0.713. The van der Waals surface area contributed by atoms with Crippen molar-refractivity contribution in [3.05, 3.63) is 15.8 Å². The minimum atomic E-state index is -0.353. The highest BCUT2D eigenvalue weighted by molar-refractivity contribution is 9.08. The predicted octanol–water partition coefficient (Wildman–Crippen LogP) is 2.44. The maximum Gasteiger partial charge on any atom is 0.351 e. The van der Waals surface area contributed by atoms with Gasteiger partial charge in [-0.1, -0.05) is 15.9 Å². The van der Waals surface area contributed by atoms with Crippen LogP contribution in [0.2, 0.25) is 0 Å². The molecule has 13 heavy (non-hydrogen) atoms. The van der Waals surface area contributed by atoms with Crippen molar-refractivity contribution < 1.29 is 14.3 Å². The lowest BCUT2D eigenvalue weighted by Crippen LogP contribution is -1.99. The second-order valence-corrected chi connectivity index (χ2v) is 3.93. The molecule has 0 atom stereocenters. The van der Waals surface area contributed by atoms with Crippen LogP contribution in [-0.2, 0) is 10.1 Å². The van der Waals surface area contributed by atoms with E-state index in [9.17, 15) is 4.79 Å². The van der Waals surface area contributed by atoms with Crippen LogP contribution in [0.4, 0.5) is 0 Å². The molecule has 0 unspecified atom stereocenters. The molecule has 0 aliphatic heterocycles. The zero-order valence-electron chi connectivity index (χ0n) is 7.30. The fourth-order valence-electron chi connectivity index (χ4n) is 0.875. The summed E-state index contributed by atoms with van der Waals surface area (Å²) in [6.45, 7) is 0. The summed E-state index contributed by atoms with van der Waals surface area (Å²) >= 11 is 4.68. The Kier molecular flexibility index (Phi) is 3.74. The predicted molar refractivity (Wildman–Crippen MR) is 54.8 cm³/mol. The molecule has 1 aromatic rings. The third-order valence-corrected chi connectivity index (χ3v) is 3.54. The van der Waals surface area contributed by atoms with E-state index in [1.165, 1.54) is 25.6 Å². The van der Waals surface area contributed by atoms with Gasteiger partial charge >= 0.3 is 5.97 Å². The fourth-order valence-corrected chi connectivity index (χ4v) is 2.27. The number of carbonyl (C=O) groups excluding carboxylic acids is 1. The first-order valence-electron chi connectivity index (χ1n) is 3.54. The summed E-state index contributed by atoms with van der Waals surface area (Å²) in [6, 6.07) is 1.83. The van der Waals surface area contributed by atoms with Gasteiger partial charge in [0.25, 0.3) is 0 Å². The van der Waals surface area contributed by atoms with Crippen LogP contribution in [0, 0.1) is 0 Å². The lowest BCUT2D eigenvalue weighted by Gasteiger charge is -1.98. The summed E-state index contributed by atoms with van der Waals surface area (Å²) < 4.78 is 9.65. The molecule has 72 valence electrons. The first-order chi connectivity index (χ1) is 6.22. The number of carbonyl (C=O) groups is 1. The molecule has 1 heterocycles. The first-order valence-corrected chi connectivity index (χ1v) is 5.47. The number of hydrogen-bond acceptors (Lipinski definition) is 4. The van der Waals surface area contributed by atoms with Crippen LogP contribution in [0.3, 0.4) is 0 Å². The Labute approximate surface area is 88.8 Å². The van der Waals surface area contributed by atoms with Crippen molar-refractivity contribution in [3.8, 4) is 5.75 Å². The molecule has 5 heteroatoms. The summed E-state index contributed by atoms with van der Waals surface area (Å²) in [7, 11) is 2.89. The lowest BCUT2D eigenvalue weighted by atomic mass is 10.4. The van der Waals surface area contributed by atoms with E-state index in [-0.39, 0.29) is 5.97 Å². The largest absolute Gasteiger partial charge is 0.495 e. The minimum absolute atomic E-state index is 0.353. The molecule has 0 N–H and O–H groups in total. The molecule has 0 saturated carbocycles. The number of alkyl halides is 1. The van der Waals surface area contributed by atoms with E-state index in [0.717, 1.165) is 4.88 Å². The molecule has 0 fully saturated rings. The number of esters is 1. The number of methoxy groups -OCH3 is 2. The number of halogens is 1. The molecule has 0 spiro atoms. The SMILES string of the molecule is COC(=O)c1sc(CBr)cc1OC. The standard InChI is InChI=1S/C8H9BrO3S/c1-11-6-3-5(4-9)13-7(6)8(10)12-2/h3H,4H2,1-2H3. The normalized spacial score (nSPS) is 9.77. The van der Waals surface area contributed by atoms with Gasteiger partial charge in [0, 0.05) is 10.2 Å². The van der Waals surface area contributed by atoms with Crippen LogP contribution in [-0.4, -0.2) is 20.2 Å². The van der Waals surface area contributed by atoms with Crippen LogP contribution < -0.4 is 4.74 Å². The van der Waals surface area contributed by atoms with Crippen molar-refractivity contribution in [1.82, 2.24) is 0 Å². The van der Waals surface area contributed by atoms with Crippen LogP contribution in [0.5, 0.6) is 5.75 Å². The third kappa shape index (κ3) is 2.22. The van der Waals surface area contributed by atoms with E-state index in [0.29, 0.717) is 16.0 Å². The number of rotatable bonds is 3. The van der Waals surface area contributed by atoms with Gasteiger partial charge in [-0.25, -0.2) is 4.79 Å². The van der Waals surface area contributed by atoms with Crippen molar-refractivity contribution in [2.45, 2.75) is 5.33 Å². The van der Waals surface area contributed by atoms with E-state index in [2.05, 4.69) is 20.7 Å². The zero-order chi connectivity index (χ0) is 9.84. The van der Waals surface area contributed by atoms with E-state index in [1.54, 1.807) is 0 Å². The lowest BCUT2D eigenvalue weighted by molar-refractivity contribution is 0.0603. The Morgan fingerprint density at radius 2 is 2.31 bits per heavy atom. The minimum Gasteiger partial charge on any atom is -0.495 e. The van der Waals surface area contributed by atoms with Gasteiger partial charge in [-0.3, -0.25) is 0 Å². The van der Waals surface area contributed by atoms with Gasteiger partial charge in [0.2, 0.25) is 0 Å². The Bertz CT molecular complexity index is 308. The number of hydrogen-bond donors (Lipinski definition) is 0. The van der Waals surface area contributed by atoms with Crippen molar-refractivity contribution in [2.75, 3.05) is 14.2 Å². The second kappa shape index (κ2) is 4.62. The Morgan fingerprint density at radius 3 is 2.77 bits per heavy atom. The quantitative estimate of drug-likeness (QED) is 0.622. The van der Waals surface area contributed by atoms with Crippen LogP contribution >= 0.6 is 27.3 Å². The molecule has 0 saturated heterocycles. The Morgan fingerprint density at radius 1 is 1.62 bits per heavy atom. The molecule has 1 rings (SSSR count). The van der Waals surface area contributed by atoms with Crippen LogP contribution in [0.1, 0.15) is 14.5 Å². The van der Waals surface area contributed by atoms with Crippen LogP contribution in [0.25, 0.3) is 0 Å². The summed E-state index contributed by atoms with van der Waals surface area (Å²) in [5.41, 5.74) is 0. The van der Waals surface area contributed by atoms with Gasteiger partial charge in [0.1, 0.15) is 5.75 Å². The zero-order valence-corrected chi connectivity index (χ0v) is 9.70. The average Bonchev–Trinajstić information content (AvgIpc) is 2.59. The van der Waals surface area contributed by atoms with Gasteiger partial charge < -0.3 is 9.47 Å². The van der Waals surface area contributed by atoms with Crippen molar-refractivity contribution >= 4 is 33.2 Å². The van der Waals surface area contributed by atoms with Gasteiger partial charge in [0.05, 0.1) is 14.2 Å². The maximum atomic E-state index is 11.2. The summed E-state index contributed by atoms with van der Waals surface area (Å²) in [4.78, 5) is 12.8. The molecule has 0 amide bonds. The molecule has 0 aromatic carbocycles. The molecule has 0 aliphatic carbocycles. The molecular weight excluding hydrogens is 256 g/mol. The van der Waals surface area contributed by atoms with Crippen molar-refractivity contribution in [2.24, 2.45) is 0 Å². The van der Waals surface area contributed by atoms with Gasteiger partial charge in [0.15, 0.2) is 4.88 Å². The summed E-state index contributed by atoms with van der Waals surface area (Å²) in [6.07, 6.45) is 0. The Balaban J connectivity index is 3.03. The van der Waals surface area contributed by atoms with E-state index in [4.69, 9.17) is 4.74 Å². The third-order valence-electron chi connectivity index (χ3n) is 1.47. The smallest absolute Gasteiger partial charge is 0.351 e. The molecular formula is C8H9BrO3S. The highest BCUT2D eigenvalue weighted by Crippen LogP contribution is 2.30. The van der Waals surface area contributed by atoms with Gasteiger partial charge in [-0.2, -0.15) is 0 Å². The monoisotopic (exact) mass is 264 g/mol. The molecule has 1 aromatic heterocycles. The fraction of sp³-hybridized carbons (Fsp3) is 0.375. The number of thiophene rings is 1. The average molecular weight is 265 g/mol. The van der Waals surface area contributed by atoms with Gasteiger partial charge in [-0.05, 0) is 6.07 Å². The van der Waals surface area contributed by atoms with E-state index in [1.807, 2.05) is 6.07 Å². The highest BCUT2D eigenvalue weighted by Gasteiger charge is 2.16. The van der Waals surface area contributed by atoms with Crippen molar-refractivity contribution in [3.63, 3.8) is 0 Å². The maximum absolute atomic E-state index is 11.2. The summed E-state index contributed by atoms with van der Waals surface area (Å²) in [5.74, 6) is 0.223. The molecule has 0 aliphatic rings. The molecule has 0 bridgehead atoms. The van der Waals surface area contributed by atoms with Crippen molar-refractivity contribution in [1.29, 1.82) is 0 Å². The molecule has 3 nitrogen and oxygen atoms in total. The molecule has 0 radical (unpaired) electrons. The highest BCUT2D eigenvalue weighted by atomic mass is 79.9. The van der Waals surface area contributed by atoms with E-state index >= 15 is 0 Å². The van der Waals surface area contributed by atoms with Crippen LogP contribution in [0.15, 0.2) is 6.07 Å². The Hall–Kier alpha value is -0.550. The second-order valence-electron chi connectivity index (χ2n) is 2.24. The van der Waals surface area contributed by atoms with Gasteiger partial charge in [-0.15, -0.1) is 11.3 Å². The first kappa shape index (κ1) is 10.5. The topological polar surface area (TPSA) is 35.5 Å². The van der Waals surface area contributed by atoms with E-state index < -0.39 is 0 Å².